The van der Waals surface area contributed by atoms with E-state index in [0.717, 1.165) is 25.0 Å². The zero-order chi connectivity index (χ0) is 18.0. The summed E-state index contributed by atoms with van der Waals surface area (Å²) in [7, 11) is 1.41. The maximum absolute atomic E-state index is 12.8. The standard InChI is InChI=1S/C17H15F3N2O3/c1-24-13-8-14(16(23)21-11-5-6-11)22-15(9-13)25-12-4-2-3-10(7-12)17(18,19)20/h2-4,7-9,11H,5-6H2,1H3,(H,21,23). The minimum absolute atomic E-state index is 0.0281. The van der Waals surface area contributed by atoms with Crippen LogP contribution in [-0.4, -0.2) is 24.0 Å². The Hall–Kier alpha value is -2.77. The fraction of sp³-hybridized carbons (Fsp3) is 0.294. The van der Waals surface area contributed by atoms with E-state index in [-0.39, 0.29) is 29.3 Å². The number of ether oxygens (including phenoxy) is 2. The highest BCUT2D eigenvalue weighted by Gasteiger charge is 2.30. The number of hydrogen-bond acceptors (Lipinski definition) is 4. The predicted octanol–water partition coefficient (Wildman–Crippen LogP) is 3.79. The van der Waals surface area contributed by atoms with Crippen LogP contribution in [0.2, 0.25) is 0 Å². The van der Waals surface area contributed by atoms with Gasteiger partial charge < -0.3 is 14.8 Å². The number of nitrogens with one attached hydrogen (secondary N) is 1. The van der Waals surface area contributed by atoms with Crippen LogP contribution in [0.15, 0.2) is 36.4 Å². The molecule has 8 heteroatoms. The Morgan fingerprint density at radius 2 is 1.96 bits per heavy atom. The van der Waals surface area contributed by atoms with Gasteiger partial charge in [0, 0.05) is 18.2 Å². The minimum Gasteiger partial charge on any atom is -0.496 e. The van der Waals surface area contributed by atoms with Crippen LogP contribution in [0.25, 0.3) is 0 Å². The summed E-state index contributed by atoms with van der Waals surface area (Å²) in [5.74, 6) is -0.128. The normalized spacial score (nSPS) is 14.1. The second-order valence-corrected chi connectivity index (χ2v) is 5.61. The minimum atomic E-state index is -4.48. The van der Waals surface area contributed by atoms with E-state index in [1.54, 1.807) is 0 Å². The van der Waals surface area contributed by atoms with Crippen LogP contribution in [0.5, 0.6) is 17.4 Å². The molecule has 1 heterocycles. The fourth-order valence-electron chi connectivity index (χ4n) is 2.11. The van der Waals surface area contributed by atoms with Crippen LogP contribution in [0.4, 0.5) is 13.2 Å². The Morgan fingerprint density at radius 3 is 2.60 bits per heavy atom. The Balaban J connectivity index is 1.85. The lowest BCUT2D eigenvalue weighted by Crippen LogP contribution is -2.26. The highest BCUT2D eigenvalue weighted by Crippen LogP contribution is 2.33. The lowest BCUT2D eigenvalue weighted by atomic mass is 10.2. The van der Waals surface area contributed by atoms with E-state index in [9.17, 15) is 18.0 Å². The molecule has 1 aliphatic rings. The number of aromatic nitrogens is 1. The number of benzene rings is 1. The van der Waals surface area contributed by atoms with Crippen LogP contribution in [0.1, 0.15) is 28.9 Å². The lowest BCUT2D eigenvalue weighted by molar-refractivity contribution is -0.137. The summed E-state index contributed by atoms with van der Waals surface area (Å²) in [6.45, 7) is 0. The largest absolute Gasteiger partial charge is 0.496 e. The van der Waals surface area contributed by atoms with Crippen molar-refractivity contribution in [1.29, 1.82) is 0 Å². The van der Waals surface area contributed by atoms with Crippen LogP contribution >= 0.6 is 0 Å². The summed E-state index contributed by atoms with van der Waals surface area (Å²) < 4.78 is 48.8. The molecule has 5 nitrogen and oxygen atoms in total. The van der Waals surface area contributed by atoms with Gasteiger partial charge in [-0.15, -0.1) is 0 Å². The number of carbonyl (C=O) groups is 1. The number of amides is 1. The molecule has 0 saturated heterocycles. The van der Waals surface area contributed by atoms with E-state index in [2.05, 4.69) is 10.3 Å². The van der Waals surface area contributed by atoms with E-state index in [4.69, 9.17) is 9.47 Å². The number of hydrogen-bond donors (Lipinski definition) is 1. The molecule has 1 saturated carbocycles. The smallest absolute Gasteiger partial charge is 0.416 e. The number of nitrogens with zero attached hydrogens (tertiary/aromatic N) is 1. The third-order valence-corrected chi connectivity index (χ3v) is 3.54. The monoisotopic (exact) mass is 352 g/mol. The van der Waals surface area contributed by atoms with Gasteiger partial charge in [-0.05, 0) is 31.0 Å². The molecule has 1 N–H and O–H groups in total. The number of rotatable bonds is 5. The maximum Gasteiger partial charge on any atom is 0.416 e. The second kappa shape index (κ2) is 6.62. The number of pyridine rings is 1. The van der Waals surface area contributed by atoms with Crippen molar-refractivity contribution >= 4 is 5.91 Å². The molecule has 0 aliphatic heterocycles. The molecule has 0 bridgehead atoms. The third kappa shape index (κ3) is 4.40. The Labute approximate surface area is 141 Å². The van der Waals surface area contributed by atoms with Gasteiger partial charge in [0.1, 0.15) is 17.2 Å². The first-order valence-electron chi connectivity index (χ1n) is 7.57. The first kappa shape index (κ1) is 17.1. The van der Waals surface area contributed by atoms with Gasteiger partial charge in [0.15, 0.2) is 0 Å². The van der Waals surface area contributed by atoms with Gasteiger partial charge >= 0.3 is 6.18 Å². The molecule has 0 atom stereocenters. The van der Waals surface area contributed by atoms with E-state index in [0.29, 0.717) is 5.75 Å². The molecule has 1 amide bonds. The molecule has 2 aromatic rings. The van der Waals surface area contributed by atoms with Gasteiger partial charge in [0.05, 0.1) is 12.7 Å². The Bertz CT molecular complexity index is 789. The third-order valence-electron chi connectivity index (χ3n) is 3.54. The van der Waals surface area contributed by atoms with Crippen molar-refractivity contribution in [2.45, 2.75) is 25.1 Å². The van der Waals surface area contributed by atoms with Crippen molar-refractivity contribution in [2.75, 3.05) is 7.11 Å². The van der Waals surface area contributed by atoms with Gasteiger partial charge in [0.2, 0.25) is 5.88 Å². The molecule has 3 rings (SSSR count). The first-order valence-corrected chi connectivity index (χ1v) is 7.57. The molecule has 1 aliphatic carbocycles. The molecule has 1 aromatic heterocycles. The summed E-state index contributed by atoms with van der Waals surface area (Å²) >= 11 is 0. The second-order valence-electron chi connectivity index (χ2n) is 5.61. The highest BCUT2D eigenvalue weighted by atomic mass is 19.4. The number of alkyl halides is 3. The topological polar surface area (TPSA) is 60.5 Å². The quantitative estimate of drug-likeness (QED) is 0.889. The van der Waals surface area contributed by atoms with Crippen LogP contribution in [0.3, 0.4) is 0 Å². The zero-order valence-electron chi connectivity index (χ0n) is 13.3. The average molecular weight is 352 g/mol. The molecule has 0 unspecified atom stereocenters. The Morgan fingerprint density at radius 1 is 1.20 bits per heavy atom. The van der Waals surface area contributed by atoms with Crippen molar-refractivity contribution in [3.63, 3.8) is 0 Å². The van der Waals surface area contributed by atoms with E-state index >= 15 is 0 Å². The Kier molecular flexibility index (Phi) is 4.52. The summed E-state index contributed by atoms with van der Waals surface area (Å²) in [5.41, 5.74) is -0.757. The summed E-state index contributed by atoms with van der Waals surface area (Å²) in [6.07, 6.45) is -2.64. The van der Waals surface area contributed by atoms with Crippen molar-refractivity contribution in [2.24, 2.45) is 0 Å². The van der Waals surface area contributed by atoms with Crippen LogP contribution < -0.4 is 14.8 Å². The average Bonchev–Trinajstić information content (AvgIpc) is 3.38. The fourth-order valence-corrected chi connectivity index (χ4v) is 2.11. The highest BCUT2D eigenvalue weighted by molar-refractivity contribution is 5.93. The molecule has 0 spiro atoms. The van der Waals surface area contributed by atoms with Gasteiger partial charge in [-0.25, -0.2) is 4.98 Å². The van der Waals surface area contributed by atoms with Crippen molar-refractivity contribution in [3.8, 4) is 17.4 Å². The van der Waals surface area contributed by atoms with Crippen molar-refractivity contribution in [1.82, 2.24) is 10.3 Å². The SMILES string of the molecule is COc1cc(Oc2cccc(C(F)(F)F)c2)nc(C(=O)NC2CC2)c1. The molecule has 25 heavy (non-hydrogen) atoms. The first-order chi connectivity index (χ1) is 11.8. The summed E-state index contributed by atoms with van der Waals surface area (Å²) in [6, 6.07) is 7.41. The lowest BCUT2D eigenvalue weighted by Gasteiger charge is -2.11. The van der Waals surface area contributed by atoms with Crippen molar-refractivity contribution < 1.29 is 27.4 Å². The van der Waals surface area contributed by atoms with Crippen molar-refractivity contribution in [3.05, 3.63) is 47.7 Å². The van der Waals surface area contributed by atoms with Crippen LogP contribution in [0, 0.1) is 0 Å². The molecule has 1 aromatic carbocycles. The van der Waals surface area contributed by atoms with Gasteiger partial charge in [-0.2, -0.15) is 13.2 Å². The van der Waals surface area contributed by atoms with Crippen LogP contribution in [-0.2, 0) is 6.18 Å². The molecular weight excluding hydrogens is 337 g/mol. The zero-order valence-corrected chi connectivity index (χ0v) is 13.3. The number of methoxy groups -OCH3 is 1. The van der Waals surface area contributed by atoms with Gasteiger partial charge in [-0.1, -0.05) is 6.07 Å². The maximum atomic E-state index is 12.8. The molecular formula is C17H15F3N2O3. The predicted molar refractivity (Wildman–Crippen MR) is 82.8 cm³/mol. The van der Waals surface area contributed by atoms with Gasteiger partial charge in [0.25, 0.3) is 5.91 Å². The number of carbonyl (C=O) groups excluding carboxylic acids is 1. The summed E-state index contributed by atoms with van der Waals surface area (Å²) in [4.78, 5) is 16.2. The van der Waals surface area contributed by atoms with E-state index in [1.807, 2.05) is 0 Å². The van der Waals surface area contributed by atoms with E-state index in [1.165, 1.54) is 31.4 Å². The number of halogens is 3. The molecule has 0 radical (unpaired) electrons. The van der Waals surface area contributed by atoms with Gasteiger partial charge in [-0.3, -0.25) is 4.79 Å². The molecule has 132 valence electrons. The molecule has 1 fully saturated rings. The van der Waals surface area contributed by atoms with E-state index < -0.39 is 11.7 Å². The summed E-state index contributed by atoms with van der Waals surface area (Å²) in [5, 5.41) is 2.78.